The summed E-state index contributed by atoms with van der Waals surface area (Å²) >= 11 is 0. The van der Waals surface area contributed by atoms with Crippen molar-refractivity contribution >= 4 is 0 Å². The number of benzene rings is 2. The lowest BCUT2D eigenvalue weighted by molar-refractivity contribution is -0.136. The number of hydrogen-bond donors (Lipinski definition) is 4. The van der Waals surface area contributed by atoms with Crippen LogP contribution in [0.5, 0.6) is 0 Å². The SMILES string of the molecule is CCCCCCCCCc1cccc(C(O)(c2cccc(CCCCCCCCC)c2CCCCCCCCC)C(CO)(CO)CO)c1CCCCCCCCC. The molecule has 0 saturated heterocycles. The number of hydrogen-bond acceptors (Lipinski definition) is 4. The van der Waals surface area contributed by atoms with Crippen LogP contribution in [0, 0.1) is 5.41 Å². The third kappa shape index (κ3) is 17.4. The Hall–Kier alpha value is -1.72. The topological polar surface area (TPSA) is 80.9 Å². The Morgan fingerprint density at radius 2 is 0.614 bits per heavy atom. The van der Waals surface area contributed by atoms with Crippen molar-refractivity contribution in [2.24, 2.45) is 5.41 Å². The van der Waals surface area contributed by atoms with Gasteiger partial charge in [-0.15, -0.1) is 0 Å². The van der Waals surface area contributed by atoms with Gasteiger partial charge in [0.15, 0.2) is 0 Å². The fraction of sp³-hybridized carbons (Fsp3) is 0.774. The molecule has 0 heterocycles. The normalized spacial score (nSPS) is 12.2. The Morgan fingerprint density at radius 1 is 0.351 bits per heavy atom. The zero-order valence-corrected chi connectivity index (χ0v) is 38.0. The molecule has 0 aromatic heterocycles. The fourth-order valence-electron chi connectivity index (χ4n) is 9.28. The van der Waals surface area contributed by atoms with E-state index in [1.165, 1.54) is 164 Å². The maximum Gasteiger partial charge on any atom is 0.127 e. The summed E-state index contributed by atoms with van der Waals surface area (Å²) in [5, 5.41) is 47.5. The summed E-state index contributed by atoms with van der Waals surface area (Å²) in [5.74, 6) is 0. The van der Waals surface area contributed by atoms with Gasteiger partial charge < -0.3 is 20.4 Å². The molecule has 4 nitrogen and oxygen atoms in total. The van der Waals surface area contributed by atoms with Gasteiger partial charge in [0.25, 0.3) is 0 Å². The van der Waals surface area contributed by atoms with E-state index in [1.54, 1.807) is 0 Å². The molecule has 57 heavy (non-hydrogen) atoms. The molecule has 328 valence electrons. The zero-order chi connectivity index (χ0) is 41.5. The predicted molar refractivity (Wildman–Crippen MR) is 246 cm³/mol. The van der Waals surface area contributed by atoms with Crippen molar-refractivity contribution in [1.82, 2.24) is 0 Å². The smallest absolute Gasteiger partial charge is 0.127 e. The Morgan fingerprint density at radius 3 is 0.895 bits per heavy atom. The number of unbranched alkanes of at least 4 members (excludes halogenated alkanes) is 24. The summed E-state index contributed by atoms with van der Waals surface area (Å²) in [6, 6.07) is 12.8. The lowest BCUT2D eigenvalue weighted by atomic mass is 9.62. The Kier molecular flexibility index (Phi) is 29.0. The minimum Gasteiger partial charge on any atom is -0.395 e. The molecule has 0 aliphatic rings. The largest absolute Gasteiger partial charge is 0.395 e. The van der Waals surface area contributed by atoms with Crippen LogP contribution in [0.2, 0.25) is 0 Å². The summed E-state index contributed by atoms with van der Waals surface area (Å²) in [5.41, 5.74) is 3.11. The first-order chi connectivity index (χ1) is 27.9. The standard InChI is InChI=1S/C53H92O4/c1-5-9-13-17-21-25-29-35-46-37-33-41-50(48(46)39-31-27-23-19-15-11-7-3)53(57,52(43-54,44-55)45-56)51-42-34-38-47(36-30-26-22-18-14-10-6-2)49(51)40-32-28-24-20-16-12-8-4/h33-34,37-38,41-42,54-57H,5-32,35-36,39-40,43-45H2,1-4H3. The third-order valence-electron chi connectivity index (χ3n) is 13.2. The summed E-state index contributed by atoms with van der Waals surface area (Å²) in [7, 11) is 0. The van der Waals surface area contributed by atoms with E-state index in [4.69, 9.17) is 0 Å². The van der Waals surface area contributed by atoms with E-state index in [1.807, 2.05) is 0 Å². The molecule has 0 spiro atoms. The van der Waals surface area contributed by atoms with Crippen molar-refractivity contribution < 1.29 is 20.4 Å². The summed E-state index contributed by atoms with van der Waals surface area (Å²) in [6.45, 7) is 7.51. The van der Waals surface area contributed by atoms with E-state index in [-0.39, 0.29) is 0 Å². The van der Waals surface area contributed by atoms with Gasteiger partial charge in [-0.05, 0) is 84.7 Å². The lowest BCUT2D eigenvalue weighted by Crippen LogP contribution is -2.55. The van der Waals surface area contributed by atoms with Crippen molar-refractivity contribution in [3.63, 3.8) is 0 Å². The van der Waals surface area contributed by atoms with Gasteiger partial charge in [0, 0.05) is 0 Å². The molecule has 4 heteroatoms. The first-order valence-electron chi connectivity index (χ1n) is 24.7. The molecule has 0 fully saturated rings. The minimum atomic E-state index is -1.77. The Labute approximate surface area is 353 Å². The van der Waals surface area contributed by atoms with Crippen LogP contribution in [0.3, 0.4) is 0 Å². The second-order valence-corrected chi connectivity index (χ2v) is 17.8. The second-order valence-electron chi connectivity index (χ2n) is 17.8. The van der Waals surface area contributed by atoms with Gasteiger partial charge in [-0.25, -0.2) is 0 Å². The average Bonchev–Trinajstić information content (AvgIpc) is 3.23. The Balaban J connectivity index is 2.66. The van der Waals surface area contributed by atoms with Gasteiger partial charge in [-0.3, -0.25) is 0 Å². The van der Waals surface area contributed by atoms with Crippen LogP contribution in [0.1, 0.15) is 241 Å². The third-order valence-corrected chi connectivity index (χ3v) is 13.2. The summed E-state index contributed by atoms with van der Waals surface area (Å²) in [6.07, 6.45) is 38.1. The van der Waals surface area contributed by atoms with E-state index in [9.17, 15) is 20.4 Å². The maximum atomic E-state index is 13.8. The van der Waals surface area contributed by atoms with Crippen LogP contribution < -0.4 is 0 Å². The van der Waals surface area contributed by atoms with Gasteiger partial charge in [0.2, 0.25) is 0 Å². The van der Waals surface area contributed by atoms with Crippen molar-refractivity contribution in [1.29, 1.82) is 0 Å². The average molecular weight is 793 g/mol. The fourth-order valence-corrected chi connectivity index (χ4v) is 9.28. The molecular formula is C53H92O4. The highest BCUT2D eigenvalue weighted by Gasteiger charge is 2.54. The van der Waals surface area contributed by atoms with Crippen LogP contribution in [-0.4, -0.2) is 40.2 Å². The van der Waals surface area contributed by atoms with E-state index in [2.05, 4.69) is 64.1 Å². The number of aliphatic hydroxyl groups is 4. The van der Waals surface area contributed by atoms with Gasteiger partial charge in [-0.1, -0.05) is 218 Å². The molecule has 0 saturated carbocycles. The molecule has 0 atom stereocenters. The molecule has 0 aliphatic carbocycles. The van der Waals surface area contributed by atoms with E-state index >= 15 is 0 Å². The Bertz CT molecular complexity index is 1160. The summed E-state index contributed by atoms with van der Waals surface area (Å²) in [4.78, 5) is 0. The van der Waals surface area contributed by atoms with Gasteiger partial charge in [0.1, 0.15) is 5.60 Å². The minimum absolute atomic E-state index is 0.520. The molecule has 0 unspecified atom stereocenters. The highest BCUT2D eigenvalue weighted by molar-refractivity contribution is 5.51. The molecule has 0 radical (unpaired) electrons. The van der Waals surface area contributed by atoms with Crippen molar-refractivity contribution in [3.8, 4) is 0 Å². The molecule has 2 aromatic carbocycles. The first kappa shape index (κ1) is 51.4. The van der Waals surface area contributed by atoms with Crippen molar-refractivity contribution in [3.05, 3.63) is 69.8 Å². The van der Waals surface area contributed by atoms with E-state index in [0.717, 1.165) is 75.3 Å². The molecule has 2 rings (SSSR count). The van der Waals surface area contributed by atoms with E-state index < -0.39 is 30.8 Å². The van der Waals surface area contributed by atoms with Crippen LogP contribution in [0.15, 0.2) is 36.4 Å². The number of rotatable bonds is 38. The van der Waals surface area contributed by atoms with Crippen molar-refractivity contribution in [2.45, 2.75) is 239 Å². The van der Waals surface area contributed by atoms with Gasteiger partial charge in [0.05, 0.1) is 25.2 Å². The highest BCUT2D eigenvalue weighted by Crippen LogP contribution is 2.49. The number of aliphatic hydroxyl groups excluding tert-OH is 3. The lowest BCUT2D eigenvalue weighted by Gasteiger charge is -2.47. The highest BCUT2D eigenvalue weighted by atomic mass is 16.3. The van der Waals surface area contributed by atoms with Crippen LogP contribution in [0.25, 0.3) is 0 Å². The molecule has 0 aliphatic heterocycles. The van der Waals surface area contributed by atoms with Crippen molar-refractivity contribution in [2.75, 3.05) is 19.8 Å². The monoisotopic (exact) mass is 793 g/mol. The van der Waals surface area contributed by atoms with Gasteiger partial charge >= 0.3 is 0 Å². The number of aryl methyl sites for hydroxylation is 2. The molecular weight excluding hydrogens is 701 g/mol. The maximum absolute atomic E-state index is 13.8. The van der Waals surface area contributed by atoms with Crippen LogP contribution in [0.4, 0.5) is 0 Å². The van der Waals surface area contributed by atoms with Gasteiger partial charge in [-0.2, -0.15) is 0 Å². The zero-order valence-electron chi connectivity index (χ0n) is 38.0. The molecule has 4 N–H and O–H groups in total. The molecule has 0 amide bonds. The van der Waals surface area contributed by atoms with E-state index in [0.29, 0.717) is 0 Å². The quantitative estimate of drug-likeness (QED) is 0.0511. The summed E-state index contributed by atoms with van der Waals surface area (Å²) < 4.78 is 0. The molecule has 2 aromatic rings. The van der Waals surface area contributed by atoms with Crippen LogP contribution in [-0.2, 0) is 31.3 Å². The second kappa shape index (κ2) is 32.1. The van der Waals surface area contributed by atoms with Crippen LogP contribution >= 0.6 is 0 Å². The first-order valence-corrected chi connectivity index (χ1v) is 24.7. The predicted octanol–water partition coefficient (Wildman–Crippen LogP) is 14.1. The molecule has 0 bridgehead atoms.